The van der Waals surface area contributed by atoms with E-state index in [1.807, 2.05) is 18.2 Å². The molecule has 1 aromatic rings. The molecule has 1 fully saturated rings. The van der Waals surface area contributed by atoms with Crippen molar-refractivity contribution in [2.75, 3.05) is 32.8 Å². The molecule has 0 saturated carbocycles. The fourth-order valence-electron chi connectivity index (χ4n) is 2.79. The summed E-state index contributed by atoms with van der Waals surface area (Å²) in [5, 5.41) is 6.08. The van der Waals surface area contributed by atoms with Crippen molar-refractivity contribution in [3.05, 3.63) is 34.9 Å². The number of morpholine rings is 1. The molecule has 2 aliphatic rings. The Hall–Kier alpha value is -1.63. The average Bonchev–Trinajstić information content (AvgIpc) is 3.03. The molecule has 2 aliphatic heterocycles. The van der Waals surface area contributed by atoms with Gasteiger partial charge in [0, 0.05) is 44.7 Å². The lowest BCUT2D eigenvalue weighted by atomic mass is 10.1. The molecule has 1 saturated heterocycles. The minimum atomic E-state index is -0.121. The first kappa shape index (κ1) is 17.7. The van der Waals surface area contributed by atoms with Crippen molar-refractivity contribution in [2.45, 2.75) is 19.5 Å². The Bertz CT molecular complexity index is 574. The Morgan fingerprint density at radius 1 is 1.17 bits per heavy atom. The number of nitrogens with zero attached hydrogens (tertiary/aromatic N) is 1. The van der Waals surface area contributed by atoms with Gasteiger partial charge in [0.2, 0.25) is 5.91 Å². The van der Waals surface area contributed by atoms with Crippen LogP contribution in [0, 0.1) is 0 Å². The molecule has 3 rings (SSSR count). The molecule has 0 aromatic heterocycles. The molecule has 2 amide bonds. The highest BCUT2D eigenvalue weighted by Crippen LogP contribution is 2.16. The van der Waals surface area contributed by atoms with Crippen LogP contribution < -0.4 is 10.6 Å². The number of halogens is 1. The zero-order valence-electron chi connectivity index (χ0n) is 13.0. The van der Waals surface area contributed by atoms with E-state index in [2.05, 4.69) is 10.6 Å². The summed E-state index contributed by atoms with van der Waals surface area (Å²) >= 11 is 0. The number of hydrogen-bond donors (Lipinski definition) is 2. The lowest BCUT2D eigenvalue weighted by Crippen LogP contribution is -2.42. The third kappa shape index (κ3) is 4.43. The van der Waals surface area contributed by atoms with Crippen molar-refractivity contribution < 1.29 is 14.3 Å². The Balaban J connectivity index is 0.00000192. The molecule has 7 heteroatoms. The molecule has 23 heavy (non-hydrogen) atoms. The minimum absolute atomic E-state index is 0. The van der Waals surface area contributed by atoms with Crippen molar-refractivity contribution >= 4 is 24.2 Å². The van der Waals surface area contributed by atoms with E-state index in [-0.39, 0.29) is 24.2 Å². The molecule has 0 aliphatic carbocycles. The maximum absolute atomic E-state index is 12.1. The van der Waals surface area contributed by atoms with Crippen molar-refractivity contribution in [1.82, 2.24) is 15.5 Å². The van der Waals surface area contributed by atoms with Crippen LogP contribution in [0.3, 0.4) is 0 Å². The molecular weight excluding hydrogens is 318 g/mol. The molecule has 0 atom stereocenters. The van der Waals surface area contributed by atoms with Crippen LogP contribution >= 0.6 is 12.4 Å². The molecule has 2 heterocycles. The predicted molar refractivity (Wildman–Crippen MR) is 88.6 cm³/mol. The van der Waals surface area contributed by atoms with Crippen molar-refractivity contribution in [3.63, 3.8) is 0 Å². The van der Waals surface area contributed by atoms with Gasteiger partial charge in [0.1, 0.15) is 0 Å². The third-order valence-electron chi connectivity index (χ3n) is 4.09. The smallest absolute Gasteiger partial charge is 0.251 e. The summed E-state index contributed by atoms with van der Waals surface area (Å²) in [4.78, 5) is 25.9. The van der Waals surface area contributed by atoms with Crippen LogP contribution in [-0.4, -0.2) is 49.6 Å². The highest BCUT2D eigenvalue weighted by atomic mass is 35.5. The summed E-state index contributed by atoms with van der Waals surface area (Å²) < 4.78 is 5.22. The Labute approximate surface area is 142 Å². The first-order valence-corrected chi connectivity index (χ1v) is 7.70. The van der Waals surface area contributed by atoms with Gasteiger partial charge < -0.3 is 20.3 Å². The number of nitrogens with one attached hydrogen (secondary N) is 2. The second kappa shape index (κ2) is 8.29. The summed E-state index contributed by atoms with van der Waals surface area (Å²) in [5.74, 6) is -0.0498. The second-order valence-corrected chi connectivity index (χ2v) is 5.59. The molecule has 0 bridgehead atoms. The topological polar surface area (TPSA) is 70.7 Å². The molecule has 0 spiro atoms. The van der Waals surface area contributed by atoms with Crippen LogP contribution in [0.1, 0.15) is 27.9 Å². The summed E-state index contributed by atoms with van der Waals surface area (Å²) in [7, 11) is 0. The Morgan fingerprint density at radius 2 is 1.91 bits per heavy atom. The van der Waals surface area contributed by atoms with Crippen LogP contribution in [-0.2, 0) is 22.6 Å². The fourth-order valence-corrected chi connectivity index (χ4v) is 2.79. The van der Waals surface area contributed by atoms with E-state index in [4.69, 9.17) is 4.74 Å². The number of fused-ring (bicyclic) bond motifs is 1. The SMILES string of the molecule is Cl.O=C(NCCC(=O)N1CCOCC1)c1ccc2c(c1)CNC2. The van der Waals surface area contributed by atoms with Gasteiger partial charge in [-0.15, -0.1) is 12.4 Å². The first-order valence-electron chi connectivity index (χ1n) is 7.70. The third-order valence-corrected chi connectivity index (χ3v) is 4.09. The van der Waals surface area contributed by atoms with E-state index < -0.39 is 0 Å². The number of amides is 2. The number of benzene rings is 1. The van der Waals surface area contributed by atoms with Gasteiger partial charge in [-0.05, 0) is 23.3 Å². The number of carbonyl (C=O) groups is 2. The normalized spacial score (nSPS) is 16.4. The largest absolute Gasteiger partial charge is 0.378 e. The van der Waals surface area contributed by atoms with Crippen molar-refractivity contribution in [3.8, 4) is 0 Å². The minimum Gasteiger partial charge on any atom is -0.378 e. The highest BCUT2D eigenvalue weighted by Gasteiger charge is 2.17. The predicted octanol–water partition coefficient (Wildman–Crippen LogP) is 0.690. The van der Waals surface area contributed by atoms with E-state index >= 15 is 0 Å². The van der Waals surface area contributed by atoms with Crippen molar-refractivity contribution in [2.24, 2.45) is 0 Å². The van der Waals surface area contributed by atoms with Gasteiger partial charge >= 0.3 is 0 Å². The van der Waals surface area contributed by atoms with Gasteiger partial charge in [-0.1, -0.05) is 6.07 Å². The monoisotopic (exact) mass is 339 g/mol. The fraction of sp³-hybridized carbons (Fsp3) is 0.500. The Kier molecular flexibility index (Phi) is 6.38. The van der Waals surface area contributed by atoms with Gasteiger partial charge in [-0.3, -0.25) is 9.59 Å². The maximum Gasteiger partial charge on any atom is 0.251 e. The zero-order chi connectivity index (χ0) is 15.4. The van der Waals surface area contributed by atoms with Crippen LogP contribution in [0.4, 0.5) is 0 Å². The first-order chi connectivity index (χ1) is 10.7. The van der Waals surface area contributed by atoms with Gasteiger partial charge in [0.25, 0.3) is 5.91 Å². The van der Waals surface area contributed by atoms with E-state index in [9.17, 15) is 9.59 Å². The summed E-state index contributed by atoms with van der Waals surface area (Å²) in [6.07, 6.45) is 0.332. The van der Waals surface area contributed by atoms with E-state index in [1.165, 1.54) is 11.1 Å². The van der Waals surface area contributed by atoms with Gasteiger partial charge in [0.05, 0.1) is 13.2 Å². The van der Waals surface area contributed by atoms with Crippen LogP contribution in [0.25, 0.3) is 0 Å². The lowest BCUT2D eigenvalue weighted by molar-refractivity contribution is -0.135. The molecule has 2 N–H and O–H groups in total. The van der Waals surface area contributed by atoms with Crippen LogP contribution in [0.2, 0.25) is 0 Å². The number of rotatable bonds is 4. The molecule has 6 nitrogen and oxygen atoms in total. The summed E-state index contributed by atoms with van der Waals surface area (Å²) in [5.41, 5.74) is 3.08. The van der Waals surface area contributed by atoms with Gasteiger partial charge in [0.15, 0.2) is 0 Å². The number of hydrogen-bond acceptors (Lipinski definition) is 4. The standard InChI is InChI=1S/C16H21N3O3.ClH/c20-15(19-5-7-22-8-6-19)3-4-18-16(21)12-1-2-13-10-17-11-14(13)9-12;/h1-2,9,17H,3-8,10-11H2,(H,18,21);1H. The Morgan fingerprint density at radius 3 is 2.70 bits per heavy atom. The van der Waals surface area contributed by atoms with Gasteiger partial charge in [-0.2, -0.15) is 0 Å². The molecule has 126 valence electrons. The van der Waals surface area contributed by atoms with Crippen LogP contribution in [0.5, 0.6) is 0 Å². The maximum atomic E-state index is 12.1. The van der Waals surface area contributed by atoms with E-state index in [0.717, 1.165) is 13.1 Å². The van der Waals surface area contributed by atoms with E-state index in [0.29, 0.717) is 44.8 Å². The van der Waals surface area contributed by atoms with Crippen LogP contribution in [0.15, 0.2) is 18.2 Å². The summed E-state index contributed by atoms with van der Waals surface area (Å²) in [6.45, 7) is 4.53. The molecule has 1 aromatic carbocycles. The van der Waals surface area contributed by atoms with Gasteiger partial charge in [-0.25, -0.2) is 0 Å². The van der Waals surface area contributed by atoms with E-state index in [1.54, 1.807) is 4.90 Å². The quantitative estimate of drug-likeness (QED) is 0.846. The summed E-state index contributed by atoms with van der Waals surface area (Å²) in [6, 6.07) is 5.75. The zero-order valence-corrected chi connectivity index (χ0v) is 13.8. The second-order valence-electron chi connectivity index (χ2n) is 5.59. The van der Waals surface area contributed by atoms with Crippen molar-refractivity contribution in [1.29, 1.82) is 0 Å². The molecule has 0 radical (unpaired) electrons. The number of carbonyl (C=O) groups excluding carboxylic acids is 2. The average molecular weight is 340 g/mol. The molecular formula is C16H22ClN3O3. The lowest BCUT2D eigenvalue weighted by Gasteiger charge is -2.26. The highest BCUT2D eigenvalue weighted by molar-refractivity contribution is 5.94. The number of ether oxygens (including phenoxy) is 1. The molecule has 0 unspecified atom stereocenters.